The third-order valence-corrected chi connectivity index (χ3v) is 2.13. The molecule has 86 valence electrons. The van der Waals surface area contributed by atoms with Crippen LogP contribution in [0.15, 0.2) is 30.7 Å². The molecule has 0 saturated carbocycles. The first-order valence-electron chi connectivity index (χ1n) is 4.77. The Morgan fingerprint density at radius 1 is 1.35 bits per heavy atom. The van der Waals surface area contributed by atoms with Gasteiger partial charge in [0.05, 0.1) is 12.8 Å². The van der Waals surface area contributed by atoms with Gasteiger partial charge in [-0.15, -0.1) is 0 Å². The number of ether oxygens (including phenoxy) is 1. The molecule has 0 saturated heterocycles. The van der Waals surface area contributed by atoms with Crippen LogP contribution in [0, 0.1) is 0 Å². The van der Waals surface area contributed by atoms with Crippen molar-refractivity contribution in [3.05, 3.63) is 36.3 Å². The molecular formula is C11H9N3O3. The van der Waals surface area contributed by atoms with Gasteiger partial charge < -0.3 is 9.84 Å². The summed E-state index contributed by atoms with van der Waals surface area (Å²) in [6, 6.07) is 3.48. The number of carboxylic acid groups (broad SMARTS) is 1. The minimum Gasteiger partial charge on any atom is -0.478 e. The number of aromatic nitrogens is 3. The second-order valence-corrected chi connectivity index (χ2v) is 3.16. The molecule has 2 rings (SSSR count). The number of aromatic carboxylic acids is 1. The number of pyridine rings is 1. The monoisotopic (exact) mass is 231 g/mol. The van der Waals surface area contributed by atoms with Crippen LogP contribution in [0.4, 0.5) is 0 Å². The van der Waals surface area contributed by atoms with Crippen molar-refractivity contribution in [2.24, 2.45) is 0 Å². The van der Waals surface area contributed by atoms with E-state index in [0.717, 1.165) is 0 Å². The quantitative estimate of drug-likeness (QED) is 0.855. The van der Waals surface area contributed by atoms with Gasteiger partial charge in [-0.2, -0.15) is 4.98 Å². The topological polar surface area (TPSA) is 85.2 Å². The zero-order valence-electron chi connectivity index (χ0n) is 8.99. The van der Waals surface area contributed by atoms with Crippen LogP contribution in [-0.4, -0.2) is 33.1 Å². The van der Waals surface area contributed by atoms with Crippen LogP contribution in [0.3, 0.4) is 0 Å². The minimum atomic E-state index is -1.08. The number of hydrogen-bond donors (Lipinski definition) is 1. The van der Waals surface area contributed by atoms with Gasteiger partial charge in [0.2, 0.25) is 0 Å². The number of carboxylic acids is 1. The third-order valence-electron chi connectivity index (χ3n) is 2.13. The summed E-state index contributed by atoms with van der Waals surface area (Å²) in [4.78, 5) is 22.7. The molecule has 17 heavy (non-hydrogen) atoms. The summed E-state index contributed by atoms with van der Waals surface area (Å²) in [5, 5.41) is 9.05. The molecule has 0 spiro atoms. The highest BCUT2D eigenvalue weighted by Gasteiger charge is 2.15. The van der Waals surface area contributed by atoms with Crippen molar-refractivity contribution in [3.8, 4) is 17.3 Å². The van der Waals surface area contributed by atoms with Crippen molar-refractivity contribution in [2.45, 2.75) is 0 Å². The number of rotatable bonds is 3. The fourth-order valence-corrected chi connectivity index (χ4v) is 1.35. The maximum absolute atomic E-state index is 11.1. The lowest BCUT2D eigenvalue weighted by Crippen LogP contribution is -2.04. The molecule has 6 nitrogen and oxygen atoms in total. The normalized spacial score (nSPS) is 9.94. The van der Waals surface area contributed by atoms with E-state index in [4.69, 9.17) is 9.84 Å². The lowest BCUT2D eigenvalue weighted by molar-refractivity contribution is 0.0696. The summed E-state index contributed by atoms with van der Waals surface area (Å²) < 4.78 is 4.88. The predicted molar refractivity (Wildman–Crippen MR) is 58.8 cm³/mol. The molecule has 0 amide bonds. The van der Waals surface area contributed by atoms with E-state index in [1.807, 2.05) is 0 Å². The summed E-state index contributed by atoms with van der Waals surface area (Å²) in [5.41, 5.74) is 0.988. The molecule has 1 N–H and O–H groups in total. The molecule has 0 bridgehead atoms. The molecule has 0 aliphatic carbocycles. The Morgan fingerprint density at radius 2 is 2.06 bits per heavy atom. The lowest BCUT2D eigenvalue weighted by Gasteiger charge is -2.06. The van der Waals surface area contributed by atoms with Gasteiger partial charge in [0.25, 0.3) is 0 Å². The Hall–Kier alpha value is -2.50. The van der Waals surface area contributed by atoms with Crippen LogP contribution in [0.2, 0.25) is 0 Å². The summed E-state index contributed by atoms with van der Waals surface area (Å²) >= 11 is 0. The van der Waals surface area contributed by atoms with E-state index in [1.54, 1.807) is 24.5 Å². The maximum Gasteiger partial charge on any atom is 0.339 e. The van der Waals surface area contributed by atoms with Crippen LogP contribution in [0.1, 0.15) is 10.4 Å². The largest absolute Gasteiger partial charge is 0.478 e. The lowest BCUT2D eigenvalue weighted by atomic mass is 10.1. The van der Waals surface area contributed by atoms with Crippen molar-refractivity contribution >= 4 is 5.97 Å². The van der Waals surface area contributed by atoms with E-state index in [1.165, 1.54) is 13.3 Å². The van der Waals surface area contributed by atoms with Gasteiger partial charge in [-0.3, -0.25) is 4.98 Å². The van der Waals surface area contributed by atoms with Crippen LogP contribution >= 0.6 is 0 Å². The summed E-state index contributed by atoms with van der Waals surface area (Å²) in [6.07, 6.45) is 4.36. The van der Waals surface area contributed by atoms with Crippen LogP contribution in [0.25, 0.3) is 11.3 Å². The van der Waals surface area contributed by atoms with Crippen molar-refractivity contribution in [2.75, 3.05) is 7.11 Å². The Kier molecular flexibility index (Phi) is 2.95. The molecule has 0 aliphatic heterocycles. The fraction of sp³-hybridized carbons (Fsp3) is 0.0909. The second kappa shape index (κ2) is 4.56. The summed E-state index contributed by atoms with van der Waals surface area (Å²) in [7, 11) is 1.42. The molecule has 0 unspecified atom stereocenters. The van der Waals surface area contributed by atoms with Gasteiger partial charge in [0.1, 0.15) is 5.56 Å². The smallest absolute Gasteiger partial charge is 0.339 e. The Labute approximate surface area is 96.9 Å². The van der Waals surface area contributed by atoms with Gasteiger partial charge in [0, 0.05) is 24.2 Å². The zero-order chi connectivity index (χ0) is 12.3. The summed E-state index contributed by atoms with van der Waals surface area (Å²) in [5.74, 6) is -1.08. The highest BCUT2D eigenvalue weighted by molar-refractivity contribution is 5.94. The Balaban J connectivity index is 2.61. The Morgan fingerprint density at radius 3 is 2.65 bits per heavy atom. The van der Waals surface area contributed by atoms with Crippen LogP contribution in [0.5, 0.6) is 6.01 Å². The maximum atomic E-state index is 11.1. The molecule has 2 aromatic rings. The number of carbonyl (C=O) groups is 1. The average Bonchev–Trinajstić information content (AvgIpc) is 2.39. The van der Waals surface area contributed by atoms with Crippen molar-refractivity contribution in [1.82, 2.24) is 15.0 Å². The SMILES string of the molecule is COc1ncc(C(=O)O)c(-c2ccncc2)n1. The van der Waals surface area contributed by atoms with E-state index < -0.39 is 5.97 Å². The highest BCUT2D eigenvalue weighted by atomic mass is 16.5. The van der Waals surface area contributed by atoms with Crippen LogP contribution in [-0.2, 0) is 0 Å². The molecule has 2 aromatic heterocycles. The zero-order valence-corrected chi connectivity index (χ0v) is 8.99. The van der Waals surface area contributed by atoms with E-state index in [-0.39, 0.29) is 11.6 Å². The minimum absolute atomic E-state index is 0.0250. The van der Waals surface area contributed by atoms with Gasteiger partial charge in [0.15, 0.2) is 0 Å². The van der Waals surface area contributed by atoms with Gasteiger partial charge >= 0.3 is 12.0 Å². The third kappa shape index (κ3) is 2.20. The molecule has 0 radical (unpaired) electrons. The molecule has 0 aliphatic rings. The molecule has 2 heterocycles. The Bertz CT molecular complexity index is 543. The highest BCUT2D eigenvalue weighted by Crippen LogP contribution is 2.22. The summed E-state index contributed by atoms with van der Waals surface area (Å²) in [6.45, 7) is 0. The standard InChI is InChI=1S/C11H9N3O3/c1-17-11-13-6-8(10(15)16)9(14-11)7-2-4-12-5-3-7/h2-6H,1H3,(H,15,16). The first-order valence-corrected chi connectivity index (χ1v) is 4.77. The molecule has 6 heteroatoms. The van der Waals surface area contributed by atoms with E-state index >= 15 is 0 Å². The number of nitrogens with zero attached hydrogens (tertiary/aromatic N) is 3. The van der Waals surface area contributed by atoms with Crippen molar-refractivity contribution in [3.63, 3.8) is 0 Å². The van der Waals surface area contributed by atoms with Crippen LogP contribution < -0.4 is 4.74 Å². The number of hydrogen-bond acceptors (Lipinski definition) is 5. The molecule has 0 aromatic carbocycles. The van der Waals surface area contributed by atoms with E-state index in [0.29, 0.717) is 11.3 Å². The molecule has 0 atom stereocenters. The fourth-order valence-electron chi connectivity index (χ4n) is 1.35. The average molecular weight is 231 g/mol. The van der Waals surface area contributed by atoms with Crippen molar-refractivity contribution in [1.29, 1.82) is 0 Å². The van der Waals surface area contributed by atoms with E-state index in [9.17, 15) is 4.79 Å². The van der Waals surface area contributed by atoms with Gasteiger partial charge in [-0.1, -0.05) is 0 Å². The second-order valence-electron chi connectivity index (χ2n) is 3.16. The van der Waals surface area contributed by atoms with Crippen molar-refractivity contribution < 1.29 is 14.6 Å². The number of methoxy groups -OCH3 is 1. The first kappa shape index (κ1) is 11.0. The van der Waals surface area contributed by atoms with E-state index in [2.05, 4.69) is 15.0 Å². The van der Waals surface area contributed by atoms with Gasteiger partial charge in [-0.05, 0) is 12.1 Å². The first-order chi connectivity index (χ1) is 8.22. The predicted octanol–water partition coefficient (Wildman–Crippen LogP) is 1.25. The molecule has 0 fully saturated rings. The van der Waals surface area contributed by atoms with Gasteiger partial charge in [-0.25, -0.2) is 9.78 Å². The molecular weight excluding hydrogens is 222 g/mol.